The van der Waals surface area contributed by atoms with Crippen LogP contribution in [0.1, 0.15) is 33.7 Å². The van der Waals surface area contributed by atoms with Crippen LogP contribution < -0.4 is 4.74 Å². The largest absolute Gasteiger partial charge is 0.496 e. The third kappa shape index (κ3) is 3.50. The van der Waals surface area contributed by atoms with Gasteiger partial charge in [-0.25, -0.2) is 4.79 Å². The summed E-state index contributed by atoms with van der Waals surface area (Å²) in [6, 6.07) is 7.18. The molecule has 1 aliphatic heterocycles. The summed E-state index contributed by atoms with van der Waals surface area (Å²) in [5, 5.41) is 8.66. The van der Waals surface area contributed by atoms with Crippen LogP contribution in [0.25, 0.3) is 0 Å². The Morgan fingerprint density at radius 3 is 2.76 bits per heavy atom. The molecule has 0 radical (unpaired) electrons. The maximum absolute atomic E-state index is 11.7. The Labute approximate surface area is 146 Å². The quantitative estimate of drug-likeness (QED) is 0.780. The molecule has 0 amide bonds. The summed E-state index contributed by atoms with van der Waals surface area (Å²) in [7, 11) is 2.91. The van der Waals surface area contributed by atoms with Crippen molar-refractivity contribution in [3.63, 3.8) is 0 Å². The monoisotopic (exact) mass is 343 g/mol. The van der Waals surface area contributed by atoms with Crippen LogP contribution >= 0.6 is 0 Å². The second-order valence-corrected chi connectivity index (χ2v) is 5.99. The fraction of sp³-hybridized carbons (Fsp3) is 0.389. The average molecular weight is 343 g/mol. The minimum atomic E-state index is -0.406. The summed E-state index contributed by atoms with van der Waals surface area (Å²) < 4.78 is 12.1. The van der Waals surface area contributed by atoms with Gasteiger partial charge >= 0.3 is 5.97 Å². The molecule has 1 aromatic carbocycles. The van der Waals surface area contributed by atoms with Gasteiger partial charge in [0.15, 0.2) is 6.10 Å². The molecule has 1 atom stereocenters. The molecule has 0 saturated heterocycles. The van der Waals surface area contributed by atoms with Crippen molar-refractivity contribution >= 4 is 11.7 Å². The van der Waals surface area contributed by atoms with Gasteiger partial charge in [0.05, 0.1) is 37.7 Å². The predicted octanol–water partition coefficient (Wildman–Crippen LogP) is 2.49. The van der Waals surface area contributed by atoms with Crippen LogP contribution in [-0.2, 0) is 16.1 Å². The van der Waals surface area contributed by atoms with Gasteiger partial charge in [0.25, 0.3) is 0 Å². The maximum Gasteiger partial charge on any atom is 0.337 e. The number of nitrogens with zero attached hydrogens (tertiary/aromatic N) is 3. The molecule has 2 aromatic rings. The van der Waals surface area contributed by atoms with Gasteiger partial charge in [-0.15, -0.1) is 0 Å². The van der Waals surface area contributed by atoms with E-state index in [1.165, 1.54) is 7.11 Å². The zero-order valence-corrected chi connectivity index (χ0v) is 14.8. The van der Waals surface area contributed by atoms with Gasteiger partial charge in [-0.05, 0) is 38.1 Å². The minimum absolute atomic E-state index is 0.0852. The molecule has 132 valence electrons. The van der Waals surface area contributed by atoms with Crippen LogP contribution in [-0.4, -0.2) is 41.8 Å². The van der Waals surface area contributed by atoms with Gasteiger partial charge in [0.1, 0.15) is 5.75 Å². The fourth-order valence-electron chi connectivity index (χ4n) is 2.91. The van der Waals surface area contributed by atoms with Crippen molar-refractivity contribution in [2.45, 2.75) is 32.9 Å². The minimum Gasteiger partial charge on any atom is -0.496 e. The summed E-state index contributed by atoms with van der Waals surface area (Å²) in [4.78, 5) is 17.2. The van der Waals surface area contributed by atoms with E-state index in [2.05, 4.69) is 10.3 Å². The van der Waals surface area contributed by atoms with Crippen molar-refractivity contribution in [2.24, 2.45) is 5.16 Å². The second kappa shape index (κ2) is 6.96. The van der Waals surface area contributed by atoms with E-state index in [9.17, 15) is 4.79 Å². The Hall–Kier alpha value is -2.83. The summed E-state index contributed by atoms with van der Waals surface area (Å²) in [6.07, 6.45) is 0.560. The van der Waals surface area contributed by atoms with Crippen molar-refractivity contribution in [3.05, 3.63) is 46.8 Å². The summed E-state index contributed by atoms with van der Waals surface area (Å²) >= 11 is 0. The molecule has 1 aliphatic rings. The van der Waals surface area contributed by atoms with Gasteiger partial charge in [-0.3, -0.25) is 4.68 Å². The summed E-state index contributed by atoms with van der Waals surface area (Å²) in [5.41, 5.74) is 4.11. The first-order chi connectivity index (χ1) is 12.0. The van der Waals surface area contributed by atoms with E-state index >= 15 is 0 Å². The van der Waals surface area contributed by atoms with Gasteiger partial charge < -0.3 is 14.3 Å². The molecular formula is C18H21N3O4. The Bertz CT molecular complexity index is 826. The molecular weight excluding hydrogens is 322 g/mol. The van der Waals surface area contributed by atoms with E-state index in [0.717, 1.165) is 22.7 Å². The standard InChI is InChI=1S/C18H21N3O4/c1-11-7-12(2)21(19-11)10-14-9-16(20-25-14)15-6-5-13(18(22)24-4)8-17(15)23-3/h5-8,14H,9-10H2,1-4H3/t14-/m1/s1. The Kier molecular flexibility index (Phi) is 4.74. The SMILES string of the molecule is COC(=O)c1ccc(C2=NO[C@@H](Cn3nc(C)cc3C)C2)c(OC)c1. The van der Waals surface area contributed by atoms with Gasteiger partial charge in [-0.1, -0.05) is 5.16 Å². The van der Waals surface area contributed by atoms with E-state index in [4.69, 9.17) is 14.3 Å². The first-order valence-electron chi connectivity index (χ1n) is 8.02. The van der Waals surface area contributed by atoms with E-state index in [-0.39, 0.29) is 6.10 Å². The normalized spacial score (nSPS) is 16.3. The highest BCUT2D eigenvalue weighted by Gasteiger charge is 2.26. The number of aromatic nitrogens is 2. The summed E-state index contributed by atoms with van der Waals surface area (Å²) in [5.74, 6) is 0.161. The number of esters is 1. The highest BCUT2D eigenvalue weighted by molar-refractivity contribution is 6.04. The molecule has 0 unspecified atom stereocenters. The molecule has 7 nitrogen and oxygen atoms in total. The van der Waals surface area contributed by atoms with Crippen molar-refractivity contribution in [1.82, 2.24) is 9.78 Å². The molecule has 7 heteroatoms. The Morgan fingerprint density at radius 2 is 2.12 bits per heavy atom. The van der Waals surface area contributed by atoms with Crippen LogP contribution in [0.2, 0.25) is 0 Å². The number of carbonyl (C=O) groups is 1. The lowest BCUT2D eigenvalue weighted by Gasteiger charge is -2.11. The zero-order chi connectivity index (χ0) is 18.0. The van der Waals surface area contributed by atoms with E-state index in [0.29, 0.717) is 24.3 Å². The number of aryl methyl sites for hydroxylation is 2. The molecule has 3 rings (SSSR count). The lowest BCUT2D eigenvalue weighted by Crippen LogP contribution is -2.19. The highest BCUT2D eigenvalue weighted by atomic mass is 16.6. The van der Waals surface area contributed by atoms with E-state index in [1.54, 1.807) is 25.3 Å². The van der Waals surface area contributed by atoms with Crippen molar-refractivity contribution in [3.8, 4) is 5.75 Å². The lowest BCUT2D eigenvalue weighted by atomic mass is 10.0. The average Bonchev–Trinajstić information content (AvgIpc) is 3.20. The molecule has 0 aliphatic carbocycles. The first kappa shape index (κ1) is 17.0. The number of oxime groups is 1. The molecule has 0 bridgehead atoms. The third-order valence-electron chi connectivity index (χ3n) is 4.15. The van der Waals surface area contributed by atoms with Gasteiger partial charge in [0.2, 0.25) is 0 Å². The van der Waals surface area contributed by atoms with Gasteiger partial charge in [0, 0.05) is 17.7 Å². The molecule has 0 saturated carbocycles. The molecule has 0 spiro atoms. The number of carbonyl (C=O) groups excluding carboxylic acids is 1. The van der Waals surface area contributed by atoms with Crippen LogP contribution in [0.5, 0.6) is 5.75 Å². The number of hydrogen-bond acceptors (Lipinski definition) is 6. The molecule has 2 heterocycles. The van der Waals surface area contributed by atoms with E-state index < -0.39 is 5.97 Å². The molecule has 1 aromatic heterocycles. The van der Waals surface area contributed by atoms with Crippen LogP contribution in [0, 0.1) is 13.8 Å². The maximum atomic E-state index is 11.7. The Balaban J connectivity index is 1.75. The number of benzene rings is 1. The van der Waals surface area contributed by atoms with E-state index in [1.807, 2.05) is 24.6 Å². The van der Waals surface area contributed by atoms with Gasteiger partial charge in [-0.2, -0.15) is 5.10 Å². The molecule has 0 fully saturated rings. The topological polar surface area (TPSA) is 74.9 Å². The molecule has 0 N–H and O–H groups in total. The Morgan fingerprint density at radius 1 is 1.32 bits per heavy atom. The van der Waals surface area contributed by atoms with Crippen LogP contribution in [0.3, 0.4) is 0 Å². The highest BCUT2D eigenvalue weighted by Crippen LogP contribution is 2.27. The van der Waals surface area contributed by atoms with Crippen LogP contribution in [0.4, 0.5) is 0 Å². The van der Waals surface area contributed by atoms with Crippen LogP contribution in [0.15, 0.2) is 29.4 Å². The third-order valence-corrected chi connectivity index (χ3v) is 4.15. The number of rotatable bonds is 5. The molecule has 25 heavy (non-hydrogen) atoms. The van der Waals surface area contributed by atoms with Crippen molar-refractivity contribution < 1.29 is 19.1 Å². The lowest BCUT2D eigenvalue weighted by molar-refractivity contribution is 0.0600. The summed E-state index contributed by atoms with van der Waals surface area (Å²) in [6.45, 7) is 4.62. The number of methoxy groups -OCH3 is 2. The number of ether oxygens (including phenoxy) is 2. The second-order valence-electron chi connectivity index (χ2n) is 5.99. The number of hydrogen-bond donors (Lipinski definition) is 0. The fourth-order valence-corrected chi connectivity index (χ4v) is 2.91. The predicted molar refractivity (Wildman–Crippen MR) is 92.1 cm³/mol. The zero-order valence-electron chi connectivity index (χ0n) is 14.8. The first-order valence-corrected chi connectivity index (χ1v) is 8.02. The van der Waals surface area contributed by atoms with Crippen molar-refractivity contribution in [2.75, 3.05) is 14.2 Å². The van der Waals surface area contributed by atoms with Crippen molar-refractivity contribution in [1.29, 1.82) is 0 Å². The smallest absolute Gasteiger partial charge is 0.337 e.